The first-order valence-electron chi connectivity index (χ1n) is 5.63. The van der Waals surface area contributed by atoms with Gasteiger partial charge in [-0.3, -0.25) is 11.3 Å². The molecule has 1 heterocycles. The van der Waals surface area contributed by atoms with E-state index in [1.807, 2.05) is 13.1 Å². The SMILES string of the molecule is Cc1ccc(CC(NN)c2cnc(C)s2)cc1. The molecule has 0 aliphatic rings. The van der Waals surface area contributed by atoms with E-state index in [9.17, 15) is 0 Å². The molecule has 0 saturated heterocycles. The molecule has 2 aromatic rings. The summed E-state index contributed by atoms with van der Waals surface area (Å²) in [5.41, 5.74) is 5.42. The van der Waals surface area contributed by atoms with Crippen LogP contribution in [0.4, 0.5) is 0 Å². The lowest BCUT2D eigenvalue weighted by molar-refractivity contribution is 0.559. The summed E-state index contributed by atoms with van der Waals surface area (Å²) < 4.78 is 0. The van der Waals surface area contributed by atoms with Crippen molar-refractivity contribution in [1.29, 1.82) is 0 Å². The fourth-order valence-corrected chi connectivity index (χ4v) is 2.59. The van der Waals surface area contributed by atoms with E-state index in [2.05, 4.69) is 41.6 Å². The largest absolute Gasteiger partial charge is 0.271 e. The predicted molar refractivity (Wildman–Crippen MR) is 71.8 cm³/mol. The third-order valence-electron chi connectivity index (χ3n) is 2.74. The highest BCUT2D eigenvalue weighted by molar-refractivity contribution is 7.11. The normalized spacial score (nSPS) is 12.6. The van der Waals surface area contributed by atoms with Crippen molar-refractivity contribution < 1.29 is 0 Å². The second kappa shape index (κ2) is 5.40. The third kappa shape index (κ3) is 3.12. The number of benzene rings is 1. The van der Waals surface area contributed by atoms with Crippen molar-refractivity contribution in [2.45, 2.75) is 26.3 Å². The Morgan fingerprint density at radius 3 is 2.53 bits per heavy atom. The van der Waals surface area contributed by atoms with Gasteiger partial charge >= 0.3 is 0 Å². The number of aryl methyl sites for hydroxylation is 2. The highest BCUT2D eigenvalue weighted by atomic mass is 32.1. The van der Waals surface area contributed by atoms with E-state index in [1.54, 1.807) is 11.3 Å². The van der Waals surface area contributed by atoms with Crippen LogP contribution in [0.5, 0.6) is 0 Å². The van der Waals surface area contributed by atoms with E-state index in [0.717, 1.165) is 11.4 Å². The summed E-state index contributed by atoms with van der Waals surface area (Å²) in [6, 6.07) is 8.69. The van der Waals surface area contributed by atoms with E-state index in [1.165, 1.54) is 16.0 Å². The molecule has 0 bridgehead atoms. The summed E-state index contributed by atoms with van der Waals surface area (Å²) in [4.78, 5) is 5.45. The van der Waals surface area contributed by atoms with Crippen LogP contribution in [0.3, 0.4) is 0 Å². The lowest BCUT2D eigenvalue weighted by Crippen LogP contribution is -2.28. The zero-order valence-corrected chi connectivity index (χ0v) is 10.9. The third-order valence-corrected chi connectivity index (χ3v) is 3.77. The molecular formula is C13H17N3S. The summed E-state index contributed by atoms with van der Waals surface area (Å²) in [6.07, 6.45) is 2.79. The summed E-state index contributed by atoms with van der Waals surface area (Å²) >= 11 is 1.69. The maximum atomic E-state index is 5.62. The number of nitrogens with one attached hydrogen (secondary N) is 1. The molecule has 1 aromatic carbocycles. The molecule has 0 radical (unpaired) electrons. The quantitative estimate of drug-likeness (QED) is 0.644. The number of hydrogen-bond acceptors (Lipinski definition) is 4. The number of rotatable bonds is 4. The molecule has 1 atom stereocenters. The number of hydrogen-bond donors (Lipinski definition) is 2. The van der Waals surface area contributed by atoms with Crippen LogP contribution in [0, 0.1) is 13.8 Å². The summed E-state index contributed by atoms with van der Waals surface area (Å²) in [5.74, 6) is 5.62. The van der Waals surface area contributed by atoms with Gasteiger partial charge in [0.1, 0.15) is 0 Å². The van der Waals surface area contributed by atoms with Crippen LogP contribution in [0.1, 0.15) is 27.1 Å². The van der Waals surface area contributed by atoms with Crippen LogP contribution >= 0.6 is 11.3 Å². The van der Waals surface area contributed by atoms with Gasteiger partial charge in [-0.1, -0.05) is 29.8 Å². The maximum Gasteiger partial charge on any atom is 0.0897 e. The van der Waals surface area contributed by atoms with Crippen LogP contribution in [-0.4, -0.2) is 4.98 Å². The molecule has 3 N–H and O–H groups in total. The average molecular weight is 247 g/mol. The second-order valence-corrected chi connectivity index (χ2v) is 5.46. The molecule has 0 aliphatic carbocycles. The summed E-state index contributed by atoms with van der Waals surface area (Å²) in [5, 5.41) is 1.07. The summed E-state index contributed by atoms with van der Waals surface area (Å²) in [6.45, 7) is 4.10. The standard InChI is InChI=1S/C13H17N3S/c1-9-3-5-11(6-4-9)7-12(16-14)13-8-15-10(2)17-13/h3-6,8,12,16H,7,14H2,1-2H3. The molecular weight excluding hydrogens is 230 g/mol. The Bertz CT molecular complexity index is 476. The minimum atomic E-state index is 0.143. The Kier molecular flexibility index (Phi) is 3.89. The Balaban J connectivity index is 2.12. The molecule has 0 amide bonds. The summed E-state index contributed by atoms with van der Waals surface area (Å²) in [7, 11) is 0. The monoisotopic (exact) mass is 247 g/mol. The van der Waals surface area contributed by atoms with Crippen molar-refractivity contribution >= 4 is 11.3 Å². The van der Waals surface area contributed by atoms with Gasteiger partial charge in [-0.15, -0.1) is 11.3 Å². The van der Waals surface area contributed by atoms with Crippen molar-refractivity contribution in [2.24, 2.45) is 5.84 Å². The van der Waals surface area contributed by atoms with Crippen LogP contribution in [-0.2, 0) is 6.42 Å². The van der Waals surface area contributed by atoms with Crippen molar-refractivity contribution in [3.63, 3.8) is 0 Å². The van der Waals surface area contributed by atoms with Gasteiger partial charge in [-0.05, 0) is 25.8 Å². The Morgan fingerprint density at radius 1 is 1.29 bits per heavy atom. The molecule has 1 aromatic heterocycles. The molecule has 3 nitrogen and oxygen atoms in total. The fourth-order valence-electron chi connectivity index (χ4n) is 1.74. The topological polar surface area (TPSA) is 50.9 Å². The van der Waals surface area contributed by atoms with Crippen LogP contribution in [0.2, 0.25) is 0 Å². The molecule has 4 heteroatoms. The lowest BCUT2D eigenvalue weighted by atomic mass is 10.0. The number of nitrogens with zero attached hydrogens (tertiary/aromatic N) is 1. The number of aromatic nitrogens is 1. The van der Waals surface area contributed by atoms with E-state index in [-0.39, 0.29) is 6.04 Å². The van der Waals surface area contributed by atoms with Gasteiger partial charge in [0.05, 0.1) is 11.0 Å². The second-order valence-electron chi connectivity index (χ2n) is 4.19. The highest BCUT2D eigenvalue weighted by Crippen LogP contribution is 2.23. The zero-order chi connectivity index (χ0) is 12.3. The van der Waals surface area contributed by atoms with Gasteiger partial charge in [0.15, 0.2) is 0 Å². The van der Waals surface area contributed by atoms with E-state index in [0.29, 0.717) is 0 Å². The van der Waals surface area contributed by atoms with Crippen molar-refractivity contribution in [3.05, 3.63) is 51.5 Å². The molecule has 0 aliphatic heterocycles. The minimum absolute atomic E-state index is 0.143. The van der Waals surface area contributed by atoms with Gasteiger partial charge in [-0.2, -0.15) is 0 Å². The molecule has 90 valence electrons. The van der Waals surface area contributed by atoms with Crippen LogP contribution in [0.25, 0.3) is 0 Å². The van der Waals surface area contributed by atoms with E-state index >= 15 is 0 Å². The molecule has 1 unspecified atom stereocenters. The van der Waals surface area contributed by atoms with Crippen molar-refractivity contribution in [1.82, 2.24) is 10.4 Å². The lowest BCUT2D eigenvalue weighted by Gasteiger charge is -2.13. The van der Waals surface area contributed by atoms with Crippen LogP contribution in [0.15, 0.2) is 30.5 Å². The average Bonchev–Trinajstić information content (AvgIpc) is 2.75. The molecule has 0 fully saturated rings. The van der Waals surface area contributed by atoms with Crippen LogP contribution < -0.4 is 11.3 Å². The number of nitrogens with two attached hydrogens (primary N) is 1. The van der Waals surface area contributed by atoms with Crippen molar-refractivity contribution in [3.8, 4) is 0 Å². The molecule has 17 heavy (non-hydrogen) atoms. The first-order valence-corrected chi connectivity index (χ1v) is 6.44. The van der Waals surface area contributed by atoms with E-state index in [4.69, 9.17) is 5.84 Å². The molecule has 2 rings (SSSR count). The van der Waals surface area contributed by atoms with Gasteiger partial charge < -0.3 is 0 Å². The number of hydrazine groups is 1. The van der Waals surface area contributed by atoms with Crippen molar-refractivity contribution in [2.75, 3.05) is 0 Å². The Morgan fingerprint density at radius 2 is 2.00 bits per heavy atom. The smallest absolute Gasteiger partial charge is 0.0897 e. The first kappa shape index (κ1) is 12.2. The van der Waals surface area contributed by atoms with Gasteiger partial charge in [-0.25, -0.2) is 4.98 Å². The Hall–Kier alpha value is -1.23. The minimum Gasteiger partial charge on any atom is -0.271 e. The Labute approximate surface area is 106 Å². The molecule has 0 saturated carbocycles. The van der Waals surface area contributed by atoms with Gasteiger partial charge in [0, 0.05) is 11.1 Å². The van der Waals surface area contributed by atoms with Gasteiger partial charge in [0.2, 0.25) is 0 Å². The number of thiazole rings is 1. The zero-order valence-electron chi connectivity index (χ0n) is 10.1. The fraction of sp³-hybridized carbons (Fsp3) is 0.308. The highest BCUT2D eigenvalue weighted by Gasteiger charge is 2.13. The predicted octanol–water partition coefficient (Wildman–Crippen LogP) is 2.51. The van der Waals surface area contributed by atoms with Gasteiger partial charge in [0.25, 0.3) is 0 Å². The maximum absolute atomic E-state index is 5.62. The van der Waals surface area contributed by atoms with E-state index < -0.39 is 0 Å². The molecule has 0 spiro atoms. The first-order chi connectivity index (χ1) is 8.19.